The maximum absolute atomic E-state index is 14.0. The van der Waals surface area contributed by atoms with Crippen molar-refractivity contribution in [3.05, 3.63) is 48.4 Å². The molecule has 1 unspecified atom stereocenters. The Balaban J connectivity index is 1.55. The molecular formula is C19H19FN2O2. The van der Waals surface area contributed by atoms with Gasteiger partial charge in [0.1, 0.15) is 11.6 Å². The lowest BCUT2D eigenvalue weighted by molar-refractivity contribution is 0.0351. The molecule has 0 bridgehead atoms. The van der Waals surface area contributed by atoms with Gasteiger partial charge < -0.3 is 9.47 Å². The third-order valence-corrected chi connectivity index (χ3v) is 4.39. The number of nitrogens with zero attached hydrogens (tertiary/aromatic N) is 1. The van der Waals surface area contributed by atoms with Gasteiger partial charge in [-0.25, -0.2) is 4.39 Å². The third-order valence-electron chi connectivity index (χ3n) is 4.39. The molecule has 1 atom stereocenters. The van der Waals surface area contributed by atoms with Crippen LogP contribution < -0.4 is 4.74 Å². The van der Waals surface area contributed by atoms with E-state index in [1.807, 2.05) is 24.3 Å². The van der Waals surface area contributed by atoms with Gasteiger partial charge in [0.25, 0.3) is 0 Å². The molecule has 1 fully saturated rings. The number of hydrogen-bond acceptors (Lipinski definition) is 3. The fourth-order valence-corrected chi connectivity index (χ4v) is 3.09. The molecule has 24 heavy (non-hydrogen) atoms. The van der Waals surface area contributed by atoms with Crippen molar-refractivity contribution in [2.75, 3.05) is 19.8 Å². The van der Waals surface area contributed by atoms with Crippen LogP contribution in [0.3, 0.4) is 0 Å². The Hall–Kier alpha value is -2.40. The van der Waals surface area contributed by atoms with Crippen LogP contribution in [0.1, 0.15) is 12.8 Å². The van der Waals surface area contributed by atoms with Crippen molar-refractivity contribution in [3.8, 4) is 16.9 Å². The highest BCUT2D eigenvalue weighted by atomic mass is 19.1. The zero-order chi connectivity index (χ0) is 16.4. The van der Waals surface area contributed by atoms with E-state index in [-0.39, 0.29) is 5.82 Å². The normalized spacial score (nSPS) is 18.0. The molecular weight excluding hydrogens is 307 g/mol. The van der Waals surface area contributed by atoms with Crippen LogP contribution in [0.2, 0.25) is 0 Å². The van der Waals surface area contributed by atoms with Crippen LogP contribution in [0.5, 0.6) is 5.75 Å². The summed E-state index contributed by atoms with van der Waals surface area (Å²) in [6, 6.07) is 10.7. The molecule has 4 nitrogen and oxygen atoms in total. The van der Waals surface area contributed by atoms with Crippen molar-refractivity contribution in [2.45, 2.75) is 12.8 Å². The summed E-state index contributed by atoms with van der Waals surface area (Å²) in [5.74, 6) is 0.644. The Morgan fingerprint density at radius 1 is 1.21 bits per heavy atom. The molecule has 1 saturated heterocycles. The summed E-state index contributed by atoms with van der Waals surface area (Å²) in [5.41, 5.74) is 2.70. The zero-order valence-electron chi connectivity index (χ0n) is 13.3. The summed E-state index contributed by atoms with van der Waals surface area (Å²) in [6.45, 7) is 2.11. The summed E-state index contributed by atoms with van der Waals surface area (Å²) >= 11 is 0. The second kappa shape index (κ2) is 6.61. The Labute approximate surface area is 139 Å². The van der Waals surface area contributed by atoms with Gasteiger partial charge in [0.05, 0.1) is 24.9 Å². The van der Waals surface area contributed by atoms with E-state index in [1.165, 1.54) is 12.1 Å². The van der Waals surface area contributed by atoms with Gasteiger partial charge in [0.2, 0.25) is 0 Å². The highest BCUT2D eigenvalue weighted by Gasteiger charge is 2.15. The lowest BCUT2D eigenvalue weighted by Crippen LogP contribution is -2.23. The second-order valence-corrected chi connectivity index (χ2v) is 6.24. The van der Waals surface area contributed by atoms with Crippen molar-refractivity contribution in [1.29, 1.82) is 0 Å². The molecule has 3 aromatic rings. The van der Waals surface area contributed by atoms with Crippen LogP contribution in [0.25, 0.3) is 22.0 Å². The number of nitrogens with one attached hydrogen (secondary N) is 1. The van der Waals surface area contributed by atoms with Crippen LogP contribution in [0, 0.1) is 11.7 Å². The molecule has 124 valence electrons. The molecule has 2 heterocycles. The van der Waals surface area contributed by atoms with E-state index in [2.05, 4.69) is 10.2 Å². The number of H-pyrrole nitrogens is 1. The number of fused-ring (bicyclic) bond motifs is 1. The molecule has 1 aliphatic rings. The number of aromatic nitrogens is 2. The minimum atomic E-state index is -0.297. The number of ether oxygens (including phenoxy) is 2. The summed E-state index contributed by atoms with van der Waals surface area (Å²) in [6.07, 6.45) is 3.92. The average Bonchev–Trinajstić information content (AvgIpc) is 3.08. The van der Waals surface area contributed by atoms with Crippen molar-refractivity contribution in [3.63, 3.8) is 0 Å². The van der Waals surface area contributed by atoms with E-state index in [1.54, 1.807) is 6.20 Å². The Morgan fingerprint density at radius 3 is 3.04 bits per heavy atom. The van der Waals surface area contributed by atoms with Gasteiger partial charge in [-0.3, -0.25) is 5.10 Å². The van der Waals surface area contributed by atoms with Crippen molar-refractivity contribution >= 4 is 10.9 Å². The molecule has 0 saturated carbocycles. The van der Waals surface area contributed by atoms with E-state index in [4.69, 9.17) is 9.47 Å². The average molecular weight is 326 g/mol. The molecule has 2 aromatic carbocycles. The van der Waals surface area contributed by atoms with E-state index in [0.29, 0.717) is 18.3 Å². The smallest absolute Gasteiger partial charge is 0.127 e. The first-order chi connectivity index (χ1) is 11.8. The predicted octanol–water partition coefficient (Wildman–Crippen LogP) is 4.17. The van der Waals surface area contributed by atoms with E-state index in [0.717, 1.165) is 48.1 Å². The monoisotopic (exact) mass is 326 g/mol. The maximum Gasteiger partial charge on any atom is 0.127 e. The fourth-order valence-electron chi connectivity index (χ4n) is 3.09. The zero-order valence-corrected chi connectivity index (χ0v) is 13.3. The number of rotatable bonds is 4. The first-order valence-electron chi connectivity index (χ1n) is 8.22. The topological polar surface area (TPSA) is 47.1 Å². The standard InChI is InChI=1S/C19H19FN2O2/c20-17-7-15(14-3-4-19-16(6-14)10-21-22-19)8-18(9-17)24-12-13-2-1-5-23-11-13/h3-4,6-10,13H,1-2,5,11-12H2,(H,21,22). The largest absolute Gasteiger partial charge is 0.493 e. The van der Waals surface area contributed by atoms with Crippen LogP contribution in [-0.4, -0.2) is 30.0 Å². The lowest BCUT2D eigenvalue weighted by atomic mass is 10.0. The fraction of sp³-hybridized carbons (Fsp3) is 0.316. The summed E-state index contributed by atoms with van der Waals surface area (Å²) < 4.78 is 25.3. The van der Waals surface area contributed by atoms with Crippen molar-refractivity contribution in [2.24, 2.45) is 5.92 Å². The Bertz CT molecular complexity index is 840. The Morgan fingerprint density at radius 2 is 2.17 bits per heavy atom. The number of hydrogen-bond donors (Lipinski definition) is 1. The quantitative estimate of drug-likeness (QED) is 0.782. The van der Waals surface area contributed by atoms with Crippen LogP contribution in [-0.2, 0) is 4.74 Å². The minimum Gasteiger partial charge on any atom is -0.493 e. The summed E-state index contributed by atoms with van der Waals surface area (Å²) in [4.78, 5) is 0. The van der Waals surface area contributed by atoms with Gasteiger partial charge in [0.15, 0.2) is 0 Å². The van der Waals surface area contributed by atoms with E-state index < -0.39 is 0 Å². The first kappa shape index (κ1) is 15.1. The van der Waals surface area contributed by atoms with Gasteiger partial charge in [-0.1, -0.05) is 6.07 Å². The molecule has 4 rings (SSSR count). The van der Waals surface area contributed by atoms with Crippen molar-refractivity contribution in [1.82, 2.24) is 10.2 Å². The first-order valence-corrected chi connectivity index (χ1v) is 8.22. The highest BCUT2D eigenvalue weighted by Crippen LogP contribution is 2.28. The van der Waals surface area contributed by atoms with Crippen molar-refractivity contribution < 1.29 is 13.9 Å². The van der Waals surface area contributed by atoms with Gasteiger partial charge in [-0.2, -0.15) is 5.10 Å². The molecule has 0 spiro atoms. The Kier molecular flexibility index (Phi) is 4.17. The molecule has 1 aliphatic heterocycles. The number of halogens is 1. The highest BCUT2D eigenvalue weighted by molar-refractivity contribution is 5.84. The number of benzene rings is 2. The van der Waals surface area contributed by atoms with E-state index in [9.17, 15) is 4.39 Å². The predicted molar refractivity (Wildman–Crippen MR) is 90.5 cm³/mol. The number of aromatic amines is 1. The molecule has 5 heteroatoms. The van der Waals surface area contributed by atoms with Crippen LogP contribution in [0.15, 0.2) is 42.6 Å². The SMILES string of the molecule is Fc1cc(OCC2CCCOC2)cc(-c2ccc3[nH]ncc3c2)c1. The molecule has 0 radical (unpaired) electrons. The third kappa shape index (κ3) is 3.26. The van der Waals surface area contributed by atoms with Crippen LogP contribution in [0.4, 0.5) is 4.39 Å². The molecule has 0 amide bonds. The van der Waals surface area contributed by atoms with Gasteiger partial charge >= 0.3 is 0 Å². The van der Waals surface area contributed by atoms with Gasteiger partial charge in [-0.05, 0) is 48.2 Å². The summed E-state index contributed by atoms with van der Waals surface area (Å²) in [7, 11) is 0. The lowest BCUT2D eigenvalue weighted by Gasteiger charge is -2.22. The van der Waals surface area contributed by atoms with Gasteiger partial charge in [-0.15, -0.1) is 0 Å². The summed E-state index contributed by atoms with van der Waals surface area (Å²) in [5, 5.41) is 7.93. The molecule has 0 aliphatic carbocycles. The van der Waals surface area contributed by atoms with E-state index >= 15 is 0 Å². The second-order valence-electron chi connectivity index (χ2n) is 6.24. The van der Waals surface area contributed by atoms with Crippen LogP contribution >= 0.6 is 0 Å². The maximum atomic E-state index is 14.0. The molecule has 1 N–H and O–H groups in total. The minimum absolute atomic E-state index is 0.297. The van der Waals surface area contributed by atoms with Gasteiger partial charge in [0, 0.05) is 24.0 Å². The molecule has 1 aromatic heterocycles.